The van der Waals surface area contributed by atoms with Crippen LogP contribution in [-0.2, 0) is 6.54 Å². The second-order valence-electron chi connectivity index (χ2n) is 5.77. The van der Waals surface area contributed by atoms with Crippen molar-refractivity contribution in [3.05, 3.63) is 54.3 Å². The first kappa shape index (κ1) is 21.7. The summed E-state index contributed by atoms with van der Waals surface area (Å²) in [6.07, 6.45) is 1.44. The van der Waals surface area contributed by atoms with E-state index in [9.17, 15) is 4.39 Å². The number of furan rings is 1. The molecule has 3 aromatic rings. The molecule has 0 aliphatic rings. The Morgan fingerprint density at radius 3 is 2.75 bits per heavy atom. The summed E-state index contributed by atoms with van der Waals surface area (Å²) in [5.74, 6) is 2.68. The summed E-state index contributed by atoms with van der Waals surface area (Å²) in [5.41, 5.74) is 0. The van der Waals surface area contributed by atoms with Crippen LogP contribution < -0.4 is 15.4 Å². The Morgan fingerprint density at radius 1 is 1.29 bits per heavy atom. The standard InChI is InChI=1S/C18H21FN6O2.HI/c1-12(27-14-7-5-13(19)6-8-14)10-21-18(20-2)22-11-16-23-17(25-24-16)15-4-3-9-26-15;/h3-9,12H,10-11H2,1-2H3,(H2,20,21,22)(H,23,24,25);1H. The lowest BCUT2D eigenvalue weighted by molar-refractivity contribution is 0.223. The summed E-state index contributed by atoms with van der Waals surface area (Å²) in [6.45, 7) is 2.85. The van der Waals surface area contributed by atoms with Gasteiger partial charge in [-0.3, -0.25) is 10.1 Å². The fourth-order valence-electron chi connectivity index (χ4n) is 2.31. The van der Waals surface area contributed by atoms with Crippen molar-refractivity contribution < 1.29 is 13.5 Å². The molecule has 2 aromatic heterocycles. The molecule has 1 atom stereocenters. The number of benzene rings is 1. The Morgan fingerprint density at radius 2 is 2.07 bits per heavy atom. The third kappa shape index (κ3) is 6.22. The number of ether oxygens (including phenoxy) is 1. The molecule has 150 valence electrons. The van der Waals surface area contributed by atoms with Crippen LogP contribution >= 0.6 is 24.0 Å². The van der Waals surface area contributed by atoms with E-state index in [1.54, 1.807) is 37.6 Å². The maximum absolute atomic E-state index is 12.9. The van der Waals surface area contributed by atoms with Gasteiger partial charge in [0.25, 0.3) is 0 Å². The van der Waals surface area contributed by atoms with E-state index >= 15 is 0 Å². The van der Waals surface area contributed by atoms with Crippen LogP contribution in [-0.4, -0.2) is 40.8 Å². The van der Waals surface area contributed by atoms with Gasteiger partial charge in [0, 0.05) is 7.05 Å². The van der Waals surface area contributed by atoms with E-state index in [1.165, 1.54) is 12.1 Å². The molecule has 0 spiro atoms. The van der Waals surface area contributed by atoms with Crippen molar-refractivity contribution in [2.24, 2.45) is 4.99 Å². The molecule has 0 radical (unpaired) electrons. The van der Waals surface area contributed by atoms with Crippen LogP contribution in [0.2, 0.25) is 0 Å². The molecule has 1 aromatic carbocycles. The lowest BCUT2D eigenvalue weighted by atomic mass is 10.3. The Bertz CT molecular complexity index is 867. The number of hydrogen-bond acceptors (Lipinski definition) is 5. The van der Waals surface area contributed by atoms with Gasteiger partial charge in [0.05, 0.1) is 19.4 Å². The van der Waals surface area contributed by atoms with Gasteiger partial charge in [-0.25, -0.2) is 9.37 Å². The number of aromatic amines is 1. The third-order valence-electron chi connectivity index (χ3n) is 3.63. The first-order valence-electron chi connectivity index (χ1n) is 8.46. The lowest BCUT2D eigenvalue weighted by Crippen LogP contribution is -2.41. The van der Waals surface area contributed by atoms with Gasteiger partial charge in [0.15, 0.2) is 11.7 Å². The monoisotopic (exact) mass is 500 g/mol. The second-order valence-corrected chi connectivity index (χ2v) is 5.77. The van der Waals surface area contributed by atoms with Gasteiger partial charge in [-0.1, -0.05) is 0 Å². The van der Waals surface area contributed by atoms with Gasteiger partial charge in [-0.05, 0) is 43.3 Å². The van der Waals surface area contributed by atoms with Crippen LogP contribution in [0.15, 0.2) is 52.1 Å². The van der Waals surface area contributed by atoms with E-state index in [0.717, 1.165) is 0 Å². The lowest BCUT2D eigenvalue weighted by Gasteiger charge is -2.17. The molecule has 0 aliphatic heterocycles. The highest BCUT2D eigenvalue weighted by Crippen LogP contribution is 2.14. The molecule has 2 heterocycles. The average Bonchev–Trinajstić information content (AvgIpc) is 3.35. The summed E-state index contributed by atoms with van der Waals surface area (Å²) in [6, 6.07) is 9.50. The molecule has 0 saturated heterocycles. The molecule has 3 N–H and O–H groups in total. The summed E-state index contributed by atoms with van der Waals surface area (Å²) < 4.78 is 23.9. The fraction of sp³-hybridized carbons (Fsp3) is 0.278. The maximum Gasteiger partial charge on any atom is 0.216 e. The van der Waals surface area contributed by atoms with Crippen molar-refractivity contribution in [1.82, 2.24) is 25.8 Å². The normalized spacial score (nSPS) is 12.2. The number of nitrogens with zero attached hydrogens (tertiary/aromatic N) is 3. The predicted octanol–water partition coefficient (Wildman–Crippen LogP) is 2.95. The van der Waals surface area contributed by atoms with Crippen molar-refractivity contribution in [2.75, 3.05) is 13.6 Å². The van der Waals surface area contributed by atoms with Gasteiger partial charge in [-0.15, -0.1) is 29.1 Å². The van der Waals surface area contributed by atoms with Gasteiger partial charge >= 0.3 is 0 Å². The highest BCUT2D eigenvalue weighted by atomic mass is 127. The smallest absolute Gasteiger partial charge is 0.216 e. The van der Waals surface area contributed by atoms with Gasteiger partial charge in [-0.2, -0.15) is 0 Å². The van der Waals surface area contributed by atoms with E-state index < -0.39 is 0 Å². The number of guanidine groups is 1. The Hall–Kier alpha value is -2.63. The SMILES string of the molecule is CN=C(NCc1nc(-c2ccco2)n[nH]1)NCC(C)Oc1ccc(F)cc1.I. The molecule has 0 bridgehead atoms. The topological polar surface area (TPSA) is 100 Å². The molecular weight excluding hydrogens is 478 g/mol. The zero-order valence-corrected chi connectivity index (χ0v) is 17.8. The van der Waals surface area contributed by atoms with Gasteiger partial charge in [0.2, 0.25) is 5.82 Å². The zero-order chi connectivity index (χ0) is 19.1. The first-order chi connectivity index (χ1) is 13.1. The van der Waals surface area contributed by atoms with Crippen LogP contribution in [0.25, 0.3) is 11.6 Å². The third-order valence-corrected chi connectivity index (χ3v) is 3.63. The molecule has 0 amide bonds. The van der Waals surface area contributed by atoms with E-state index in [2.05, 4.69) is 30.8 Å². The Kier molecular flexibility index (Phi) is 8.23. The molecule has 10 heteroatoms. The average molecular weight is 500 g/mol. The predicted molar refractivity (Wildman–Crippen MR) is 114 cm³/mol. The van der Waals surface area contributed by atoms with E-state index in [0.29, 0.717) is 42.2 Å². The van der Waals surface area contributed by atoms with Crippen LogP contribution in [0.1, 0.15) is 12.7 Å². The quantitative estimate of drug-likeness (QED) is 0.262. The summed E-state index contributed by atoms with van der Waals surface area (Å²) in [5, 5.41) is 13.3. The number of aromatic nitrogens is 3. The summed E-state index contributed by atoms with van der Waals surface area (Å²) >= 11 is 0. The van der Waals surface area contributed by atoms with Crippen molar-refractivity contribution in [3.8, 4) is 17.3 Å². The number of H-pyrrole nitrogens is 1. The van der Waals surface area contributed by atoms with Gasteiger partial charge in [0.1, 0.15) is 23.5 Å². The van der Waals surface area contributed by atoms with Crippen molar-refractivity contribution in [3.63, 3.8) is 0 Å². The molecule has 0 saturated carbocycles. The van der Waals surface area contributed by atoms with Crippen LogP contribution in [0.4, 0.5) is 4.39 Å². The minimum absolute atomic E-state index is 0. The van der Waals surface area contributed by atoms with Crippen LogP contribution in [0.5, 0.6) is 5.75 Å². The molecule has 1 unspecified atom stereocenters. The van der Waals surface area contributed by atoms with E-state index in [1.807, 2.05) is 6.92 Å². The molecule has 3 rings (SSSR count). The number of rotatable bonds is 7. The minimum atomic E-state index is -0.291. The fourth-order valence-corrected chi connectivity index (χ4v) is 2.31. The van der Waals surface area contributed by atoms with Gasteiger partial charge < -0.3 is 19.8 Å². The number of nitrogens with one attached hydrogen (secondary N) is 3. The van der Waals surface area contributed by atoms with Crippen molar-refractivity contribution in [1.29, 1.82) is 0 Å². The molecule has 28 heavy (non-hydrogen) atoms. The summed E-state index contributed by atoms with van der Waals surface area (Å²) in [4.78, 5) is 8.52. The number of halogens is 2. The molecular formula is C18H22FIN6O2. The Labute approximate surface area is 179 Å². The molecule has 0 fully saturated rings. The Balaban J connectivity index is 0.00000280. The molecule has 0 aliphatic carbocycles. The first-order valence-corrected chi connectivity index (χ1v) is 8.46. The van der Waals surface area contributed by atoms with Crippen LogP contribution in [0, 0.1) is 5.82 Å². The van der Waals surface area contributed by atoms with Crippen molar-refractivity contribution in [2.45, 2.75) is 19.6 Å². The number of hydrogen-bond donors (Lipinski definition) is 3. The highest BCUT2D eigenvalue weighted by Gasteiger charge is 2.09. The minimum Gasteiger partial charge on any atom is -0.489 e. The summed E-state index contributed by atoms with van der Waals surface area (Å²) in [7, 11) is 1.68. The van der Waals surface area contributed by atoms with E-state index in [-0.39, 0.29) is 35.9 Å². The van der Waals surface area contributed by atoms with Crippen molar-refractivity contribution >= 4 is 29.9 Å². The van der Waals surface area contributed by atoms with E-state index in [4.69, 9.17) is 9.15 Å². The molecule has 8 nitrogen and oxygen atoms in total. The number of aliphatic imine (C=N–C) groups is 1. The maximum atomic E-state index is 12.9. The highest BCUT2D eigenvalue weighted by molar-refractivity contribution is 14.0. The second kappa shape index (κ2) is 10.6. The largest absolute Gasteiger partial charge is 0.489 e. The van der Waals surface area contributed by atoms with Crippen LogP contribution in [0.3, 0.4) is 0 Å². The zero-order valence-electron chi connectivity index (χ0n) is 15.5.